The molecular formula is C23H27ClN4O5S. The molecule has 2 heterocycles. The van der Waals surface area contributed by atoms with E-state index in [0.29, 0.717) is 31.2 Å². The van der Waals surface area contributed by atoms with Crippen LogP contribution in [0.3, 0.4) is 0 Å². The fourth-order valence-corrected chi connectivity index (χ4v) is 5.93. The second kappa shape index (κ2) is 10.2. The molecule has 34 heavy (non-hydrogen) atoms. The van der Waals surface area contributed by atoms with Gasteiger partial charge in [-0.15, -0.1) is 0 Å². The van der Waals surface area contributed by atoms with Crippen LogP contribution in [0.5, 0.6) is 5.75 Å². The molecule has 0 aliphatic carbocycles. The number of amides is 2. The van der Waals surface area contributed by atoms with Gasteiger partial charge in [0.2, 0.25) is 21.8 Å². The maximum absolute atomic E-state index is 13.2. The summed E-state index contributed by atoms with van der Waals surface area (Å²) in [5, 5.41) is 3.10. The number of hydrogen-bond donors (Lipinski definition) is 1. The van der Waals surface area contributed by atoms with Crippen molar-refractivity contribution in [3.05, 3.63) is 53.6 Å². The van der Waals surface area contributed by atoms with Gasteiger partial charge in [-0.25, -0.2) is 8.42 Å². The molecule has 0 aromatic heterocycles. The normalized spacial score (nSPS) is 19.6. The first-order chi connectivity index (χ1) is 16.3. The summed E-state index contributed by atoms with van der Waals surface area (Å²) in [5.41, 5.74) is 1.04. The van der Waals surface area contributed by atoms with Crippen molar-refractivity contribution >= 4 is 39.1 Å². The van der Waals surface area contributed by atoms with Crippen LogP contribution in [-0.4, -0.2) is 81.9 Å². The van der Waals surface area contributed by atoms with E-state index in [2.05, 4.69) is 10.2 Å². The summed E-state index contributed by atoms with van der Waals surface area (Å²) in [6.45, 7) is 2.55. The lowest BCUT2D eigenvalue weighted by Gasteiger charge is -2.38. The van der Waals surface area contributed by atoms with Crippen molar-refractivity contribution in [1.29, 1.82) is 0 Å². The molecule has 11 heteroatoms. The highest BCUT2D eigenvalue weighted by atomic mass is 35.5. The molecule has 2 aromatic rings. The van der Waals surface area contributed by atoms with Crippen LogP contribution in [0, 0.1) is 0 Å². The topological polar surface area (TPSA) is 99.3 Å². The summed E-state index contributed by atoms with van der Waals surface area (Å²) in [5.74, 6) is 0.0724. The predicted octanol–water partition coefficient (Wildman–Crippen LogP) is 1.58. The zero-order chi connectivity index (χ0) is 24.3. The van der Waals surface area contributed by atoms with Gasteiger partial charge in [-0.05, 0) is 48.5 Å². The summed E-state index contributed by atoms with van der Waals surface area (Å²) in [6, 6.07) is 12.4. The van der Waals surface area contributed by atoms with Crippen LogP contribution >= 0.6 is 11.6 Å². The summed E-state index contributed by atoms with van der Waals surface area (Å²) < 4.78 is 32.8. The van der Waals surface area contributed by atoms with Gasteiger partial charge in [0.05, 0.1) is 18.4 Å². The Labute approximate surface area is 204 Å². The van der Waals surface area contributed by atoms with E-state index in [1.165, 1.54) is 24.3 Å². The second-order valence-corrected chi connectivity index (χ2v) is 10.5. The first-order valence-electron chi connectivity index (χ1n) is 11.0. The van der Waals surface area contributed by atoms with Gasteiger partial charge >= 0.3 is 0 Å². The van der Waals surface area contributed by atoms with E-state index in [4.69, 9.17) is 16.3 Å². The Morgan fingerprint density at radius 2 is 1.68 bits per heavy atom. The fourth-order valence-electron chi connectivity index (χ4n) is 4.22. The monoisotopic (exact) mass is 506 g/mol. The molecule has 182 valence electrons. The lowest BCUT2D eigenvalue weighted by molar-refractivity contribution is -0.137. The Balaban J connectivity index is 1.42. The van der Waals surface area contributed by atoms with Gasteiger partial charge in [0.1, 0.15) is 11.8 Å². The number of anilines is 1. The van der Waals surface area contributed by atoms with Crippen molar-refractivity contribution in [3.8, 4) is 5.75 Å². The van der Waals surface area contributed by atoms with Crippen molar-refractivity contribution in [2.45, 2.75) is 17.4 Å². The molecule has 2 aliphatic heterocycles. The van der Waals surface area contributed by atoms with Crippen molar-refractivity contribution in [1.82, 2.24) is 14.5 Å². The molecule has 1 unspecified atom stereocenters. The van der Waals surface area contributed by atoms with Gasteiger partial charge in [-0.1, -0.05) is 11.6 Å². The highest BCUT2D eigenvalue weighted by molar-refractivity contribution is 7.89. The molecule has 2 fully saturated rings. The smallest absolute Gasteiger partial charge is 0.243 e. The molecule has 2 saturated heterocycles. The number of piperazine rings is 2. The molecule has 0 spiro atoms. The Kier molecular flexibility index (Phi) is 7.30. The van der Waals surface area contributed by atoms with Gasteiger partial charge in [0.25, 0.3) is 0 Å². The summed E-state index contributed by atoms with van der Waals surface area (Å²) in [6.07, 6.45) is -0.207. The molecule has 9 nitrogen and oxygen atoms in total. The van der Waals surface area contributed by atoms with Gasteiger partial charge in [0.15, 0.2) is 0 Å². The SMILES string of the molecule is COc1ccc(N2CCN(C(=O)CC3C(=O)NCCN3S(=O)(=O)c3ccc(Cl)cc3)CC2)cc1. The van der Waals surface area contributed by atoms with E-state index >= 15 is 0 Å². The first kappa shape index (κ1) is 24.3. The van der Waals surface area contributed by atoms with Crippen LogP contribution in [-0.2, 0) is 19.6 Å². The van der Waals surface area contributed by atoms with E-state index in [-0.39, 0.29) is 30.3 Å². The Bertz CT molecular complexity index is 1130. The lowest BCUT2D eigenvalue weighted by atomic mass is 10.1. The number of halogens is 1. The fraction of sp³-hybridized carbons (Fsp3) is 0.391. The van der Waals surface area contributed by atoms with Crippen molar-refractivity contribution in [2.24, 2.45) is 0 Å². The minimum Gasteiger partial charge on any atom is -0.497 e. The molecule has 4 rings (SSSR count). The maximum atomic E-state index is 13.2. The third kappa shape index (κ3) is 5.13. The highest BCUT2D eigenvalue weighted by Crippen LogP contribution is 2.24. The van der Waals surface area contributed by atoms with Gasteiger partial charge in [-0.3, -0.25) is 9.59 Å². The lowest BCUT2D eigenvalue weighted by Crippen LogP contribution is -2.59. The predicted molar refractivity (Wildman–Crippen MR) is 129 cm³/mol. The Morgan fingerprint density at radius 1 is 1.03 bits per heavy atom. The number of nitrogens with one attached hydrogen (secondary N) is 1. The molecule has 0 saturated carbocycles. The molecule has 2 aromatic carbocycles. The number of methoxy groups -OCH3 is 1. The van der Waals surface area contributed by atoms with Gasteiger partial charge in [-0.2, -0.15) is 4.31 Å². The molecular weight excluding hydrogens is 480 g/mol. The van der Waals surface area contributed by atoms with Crippen LogP contribution in [0.2, 0.25) is 5.02 Å². The summed E-state index contributed by atoms with van der Waals surface area (Å²) >= 11 is 5.89. The van der Waals surface area contributed by atoms with Crippen LogP contribution in [0.4, 0.5) is 5.69 Å². The third-order valence-electron chi connectivity index (χ3n) is 6.14. The van der Waals surface area contributed by atoms with Gasteiger partial charge < -0.3 is 19.9 Å². The summed E-state index contributed by atoms with van der Waals surface area (Å²) in [4.78, 5) is 29.6. The minimum absolute atomic E-state index is 0.0390. The number of carbonyl (C=O) groups excluding carboxylic acids is 2. The first-order valence-corrected chi connectivity index (χ1v) is 12.8. The largest absolute Gasteiger partial charge is 0.497 e. The zero-order valence-electron chi connectivity index (χ0n) is 18.8. The van der Waals surface area contributed by atoms with E-state index in [1.54, 1.807) is 12.0 Å². The Morgan fingerprint density at radius 3 is 2.29 bits per heavy atom. The minimum atomic E-state index is -3.96. The second-order valence-electron chi connectivity index (χ2n) is 8.15. The maximum Gasteiger partial charge on any atom is 0.243 e. The molecule has 2 amide bonds. The van der Waals surface area contributed by atoms with E-state index in [1.807, 2.05) is 24.3 Å². The quantitative estimate of drug-likeness (QED) is 0.638. The third-order valence-corrected chi connectivity index (χ3v) is 8.31. The number of carbonyl (C=O) groups is 2. The van der Waals surface area contributed by atoms with Crippen LogP contribution in [0.15, 0.2) is 53.4 Å². The standard InChI is InChI=1S/C23H27ClN4O5S/c1-33-19-6-4-18(5-7-19)26-12-14-27(15-13-26)22(29)16-21-23(30)25-10-11-28(21)34(31,32)20-8-2-17(24)3-9-20/h2-9,21H,10-16H2,1H3,(H,25,30). The number of ether oxygens (including phenoxy) is 1. The van der Waals surface area contributed by atoms with Crippen LogP contribution in [0.1, 0.15) is 6.42 Å². The molecule has 1 atom stereocenters. The van der Waals surface area contributed by atoms with Crippen LogP contribution < -0.4 is 15.0 Å². The molecule has 1 N–H and O–H groups in total. The number of sulfonamides is 1. The highest BCUT2D eigenvalue weighted by Gasteiger charge is 2.40. The average molecular weight is 507 g/mol. The zero-order valence-corrected chi connectivity index (χ0v) is 20.4. The number of benzene rings is 2. The summed E-state index contributed by atoms with van der Waals surface area (Å²) in [7, 11) is -2.34. The Hall–Kier alpha value is -2.82. The number of hydrogen-bond acceptors (Lipinski definition) is 6. The number of rotatable bonds is 6. The average Bonchev–Trinajstić information content (AvgIpc) is 2.85. The molecule has 0 radical (unpaired) electrons. The van der Waals surface area contributed by atoms with Crippen molar-refractivity contribution in [3.63, 3.8) is 0 Å². The van der Waals surface area contributed by atoms with Crippen molar-refractivity contribution < 1.29 is 22.7 Å². The van der Waals surface area contributed by atoms with Gasteiger partial charge in [0, 0.05) is 50.0 Å². The van der Waals surface area contributed by atoms with Crippen molar-refractivity contribution in [2.75, 3.05) is 51.3 Å². The van der Waals surface area contributed by atoms with Crippen LogP contribution in [0.25, 0.3) is 0 Å². The number of nitrogens with zero attached hydrogens (tertiary/aromatic N) is 3. The van der Waals surface area contributed by atoms with E-state index < -0.39 is 22.0 Å². The van der Waals surface area contributed by atoms with E-state index in [9.17, 15) is 18.0 Å². The van der Waals surface area contributed by atoms with E-state index in [0.717, 1.165) is 15.7 Å². The molecule has 2 aliphatic rings. The molecule has 0 bridgehead atoms.